The van der Waals surface area contributed by atoms with E-state index in [0.717, 1.165) is 41.0 Å². The molecular formula is C18H16FN3OS. The first-order valence-electron chi connectivity index (χ1n) is 7.82. The molecule has 3 heterocycles. The van der Waals surface area contributed by atoms with Crippen LogP contribution >= 0.6 is 11.3 Å². The summed E-state index contributed by atoms with van der Waals surface area (Å²) < 4.78 is 14.2. The maximum Gasteiger partial charge on any atom is 0.267 e. The van der Waals surface area contributed by atoms with Crippen molar-refractivity contribution in [3.05, 3.63) is 52.8 Å². The van der Waals surface area contributed by atoms with Crippen LogP contribution in [0.1, 0.15) is 21.8 Å². The van der Waals surface area contributed by atoms with Gasteiger partial charge in [0.05, 0.1) is 10.2 Å². The fraction of sp³-hybridized carbons (Fsp3) is 0.222. The van der Waals surface area contributed by atoms with Gasteiger partial charge in [0.1, 0.15) is 11.5 Å². The molecule has 2 aromatic heterocycles. The van der Waals surface area contributed by atoms with Crippen LogP contribution in [0.15, 0.2) is 36.4 Å². The van der Waals surface area contributed by atoms with Gasteiger partial charge >= 0.3 is 0 Å². The monoisotopic (exact) mass is 341 g/mol. The number of carbonyl (C=O) groups excluding carboxylic acids is 1. The SMILES string of the molecule is NC(=O)c1cc(-c2ccc(F)cc2)c2sc(CN3CCC3)cc2n1. The average Bonchev–Trinajstić information content (AvgIpc) is 2.93. The Morgan fingerprint density at radius 1 is 1.25 bits per heavy atom. The molecule has 1 aromatic carbocycles. The van der Waals surface area contributed by atoms with Crippen LogP contribution in [0.3, 0.4) is 0 Å². The third-order valence-corrected chi connectivity index (χ3v) is 5.41. The van der Waals surface area contributed by atoms with Crippen molar-refractivity contribution in [2.24, 2.45) is 5.73 Å². The maximum atomic E-state index is 13.2. The van der Waals surface area contributed by atoms with Gasteiger partial charge in [-0.15, -0.1) is 11.3 Å². The van der Waals surface area contributed by atoms with Crippen LogP contribution in [0.4, 0.5) is 4.39 Å². The van der Waals surface area contributed by atoms with Gasteiger partial charge in [0, 0.05) is 17.0 Å². The number of rotatable bonds is 4. The lowest BCUT2D eigenvalue weighted by Crippen LogP contribution is -2.35. The Bertz CT molecular complexity index is 916. The quantitative estimate of drug-likeness (QED) is 0.791. The summed E-state index contributed by atoms with van der Waals surface area (Å²) in [6.07, 6.45) is 1.25. The highest BCUT2D eigenvalue weighted by Crippen LogP contribution is 2.35. The molecule has 24 heavy (non-hydrogen) atoms. The zero-order valence-corrected chi connectivity index (χ0v) is 13.8. The van der Waals surface area contributed by atoms with Crippen molar-refractivity contribution in [3.8, 4) is 11.1 Å². The highest BCUT2D eigenvalue weighted by molar-refractivity contribution is 7.19. The van der Waals surface area contributed by atoms with Crippen molar-refractivity contribution in [3.63, 3.8) is 0 Å². The second-order valence-corrected chi connectivity index (χ2v) is 7.12. The van der Waals surface area contributed by atoms with Crippen molar-refractivity contribution in [1.29, 1.82) is 0 Å². The van der Waals surface area contributed by atoms with E-state index < -0.39 is 5.91 Å². The number of hydrogen-bond acceptors (Lipinski definition) is 4. The number of nitrogens with two attached hydrogens (primary N) is 1. The van der Waals surface area contributed by atoms with Gasteiger partial charge in [-0.3, -0.25) is 9.69 Å². The Kier molecular flexibility index (Phi) is 3.78. The molecule has 1 amide bonds. The minimum atomic E-state index is -0.559. The summed E-state index contributed by atoms with van der Waals surface area (Å²) in [4.78, 5) is 19.6. The van der Waals surface area contributed by atoms with Gasteiger partial charge in [-0.25, -0.2) is 9.37 Å². The number of aromatic nitrogens is 1. The predicted octanol–water partition coefficient (Wildman–Crippen LogP) is 3.41. The standard InChI is InChI=1S/C18H16FN3OS/c19-12-4-2-11(3-5-12)14-9-16(18(20)23)21-15-8-13(24-17(14)15)10-22-6-1-7-22/h2-5,8-9H,1,6-7,10H2,(H2,20,23). The van der Waals surface area contributed by atoms with E-state index >= 15 is 0 Å². The molecule has 1 saturated heterocycles. The molecule has 0 saturated carbocycles. The minimum Gasteiger partial charge on any atom is -0.364 e. The fourth-order valence-corrected chi connectivity index (χ4v) is 4.06. The van der Waals surface area contributed by atoms with Gasteiger partial charge in [0.25, 0.3) is 5.91 Å². The lowest BCUT2D eigenvalue weighted by atomic mass is 10.0. The summed E-state index contributed by atoms with van der Waals surface area (Å²) in [5.74, 6) is -0.848. The van der Waals surface area contributed by atoms with Gasteiger partial charge in [0.2, 0.25) is 0 Å². The number of halogens is 1. The molecule has 0 unspecified atom stereocenters. The van der Waals surface area contributed by atoms with Gasteiger partial charge in [-0.2, -0.15) is 0 Å². The van der Waals surface area contributed by atoms with Crippen molar-refractivity contribution in [2.45, 2.75) is 13.0 Å². The number of carbonyl (C=O) groups is 1. The Labute approximate surface area is 142 Å². The van der Waals surface area contributed by atoms with E-state index in [1.807, 2.05) is 6.07 Å². The molecule has 2 N–H and O–H groups in total. The Morgan fingerprint density at radius 2 is 2.00 bits per heavy atom. The number of amides is 1. The molecule has 1 aliphatic heterocycles. The zero-order valence-electron chi connectivity index (χ0n) is 13.0. The first-order valence-corrected chi connectivity index (χ1v) is 8.63. The number of pyridine rings is 1. The van der Waals surface area contributed by atoms with Crippen molar-refractivity contribution in [2.75, 3.05) is 13.1 Å². The summed E-state index contributed by atoms with van der Waals surface area (Å²) in [7, 11) is 0. The Morgan fingerprint density at radius 3 is 2.62 bits per heavy atom. The summed E-state index contributed by atoms with van der Waals surface area (Å²) >= 11 is 1.67. The summed E-state index contributed by atoms with van der Waals surface area (Å²) in [5.41, 5.74) is 8.15. The molecule has 0 atom stereocenters. The largest absolute Gasteiger partial charge is 0.364 e. The van der Waals surface area contributed by atoms with Crippen LogP contribution in [0.5, 0.6) is 0 Å². The fourth-order valence-electron chi connectivity index (χ4n) is 2.88. The molecular weight excluding hydrogens is 325 g/mol. The summed E-state index contributed by atoms with van der Waals surface area (Å²) in [5, 5.41) is 0. The van der Waals surface area contributed by atoms with Gasteiger partial charge in [0.15, 0.2) is 0 Å². The van der Waals surface area contributed by atoms with Crippen LogP contribution in [0, 0.1) is 5.82 Å². The minimum absolute atomic E-state index is 0.232. The van der Waals surface area contributed by atoms with E-state index in [2.05, 4.69) is 9.88 Å². The smallest absolute Gasteiger partial charge is 0.267 e. The zero-order chi connectivity index (χ0) is 16.7. The molecule has 0 radical (unpaired) electrons. The van der Waals surface area contributed by atoms with E-state index in [1.54, 1.807) is 29.5 Å². The molecule has 0 aliphatic carbocycles. The molecule has 3 aromatic rings. The van der Waals surface area contributed by atoms with Crippen LogP contribution in [0.25, 0.3) is 21.3 Å². The number of benzene rings is 1. The molecule has 122 valence electrons. The highest BCUT2D eigenvalue weighted by Gasteiger charge is 2.18. The Hall–Kier alpha value is -2.31. The lowest BCUT2D eigenvalue weighted by Gasteiger charge is -2.29. The molecule has 4 rings (SSSR count). The number of hydrogen-bond donors (Lipinski definition) is 1. The third kappa shape index (κ3) is 2.79. The summed E-state index contributed by atoms with van der Waals surface area (Å²) in [6.45, 7) is 3.15. The first kappa shape index (κ1) is 15.2. The lowest BCUT2D eigenvalue weighted by molar-refractivity contribution is 0.0996. The molecule has 0 spiro atoms. The number of thiophene rings is 1. The van der Waals surface area contributed by atoms with E-state index in [0.29, 0.717) is 0 Å². The van der Waals surface area contributed by atoms with Crippen LogP contribution in [0.2, 0.25) is 0 Å². The second-order valence-electron chi connectivity index (χ2n) is 5.98. The predicted molar refractivity (Wildman–Crippen MR) is 93.4 cm³/mol. The number of nitrogens with zero attached hydrogens (tertiary/aromatic N) is 2. The van der Waals surface area contributed by atoms with Gasteiger partial charge < -0.3 is 5.73 Å². The molecule has 1 aliphatic rings. The van der Waals surface area contributed by atoms with Gasteiger partial charge in [-0.05, 0) is 49.3 Å². The van der Waals surface area contributed by atoms with E-state index in [9.17, 15) is 9.18 Å². The van der Waals surface area contributed by atoms with Crippen molar-refractivity contribution < 1.29 is 9.18 Å². The average molecular weight is 341 g/mol. The van der Waals surface area contributed by atoms with Crippen LogP contribution in [-0.2, 0) is 6.54 Å². The third-order valence-electron chi connectivity index (χ3n) is 4.27. The normalized spacial score (nSPS) is 14.7. The number of likely N-dealkylation sites (tertiary alicyclic amines) is 1. The van der Waals surface area contributed by atoms with Crippen molar-refractivity contribution >= 4 is 27.5 Å². The number of primary amides is 1. The Balaban J connectivity index is 1.85. The van der Waals surface area contributed by atoms with Gasteiger partial charge in [-0.1, -0.05) is 12.1 Å². The van der Waals surface area contributed by atoms with Crippen molar-refractivity contribution in [1.82, 2.24) is 9.88 Å². The second kappa shape index (κ2) is 5.96. The summed E-state index contributed by atoms with van der Waals surface area (Å²) in [6, 6.07) is 9.98. The van der Waals surface area contributed by atoms with E-state index in [-0.39, 0.29) is 11.5 Å². The molecule has 0 bridgehead atoms. The first-order chi connectivity index (χ1) is 11.6. The highest BCUT2D eigenvalue weighted by atomic mass is 32.1. The van der Waals surface area contributed by atoms with Crippen LogP contribution in [-0.4, -0.2) is 28.9 Å². The topological polar surface area (TPSA) is 59.2 Å². The number of fused-ring (bicyclic) bond motifs is 1. The molecule has 6 heteroatoms. The molecule has 1 fully saturated rings. The van der Waals surface area contributed by atoms with E-state index in [1.165, 1.54) is 23.4 Å². The van der Waals surface area contributed by atoms with E-state index in [4.69, 9.17) is 5.73 Å². The maximum absolute atomic E-state index is 13.2. The van der Waals surface area contributed by atoms with Crippen LogP contribution < -0.4 is 5.73 Å². The molecule has 4 nitrogen and oxygen atoms in total.